The Morgan fingerprint density at radius 2 is 1.71 bits per heavy atom. The van der Waals surface area contributed by atoms with Crippen molar-refractivity contribution >= 4 is 17.6 Å². The highest BCUT2D eigenvalue weighted by molar-refractivity contribution is 5.92. The molecule has 0 unspecified atom stereocenters. The van der Waals surface area contributed by atoms with E-state index in [-0.39, 0.29) is 5.91 Å². The second-order valence-corrected chi connectivity index (χ2v) is 7.00. The molecule has 0 heterocycles. The maximum atomic E-state index is 12.0. The molecule has 2 rings (SSSR count). The zero-order chi connectivity index (χ0) is 20.4. The van der Waals surface area contributed by atoms with Crippen LogP contribution in [0.5, 0.6) is 0 Å². The third-order valence-electron chi connectivity index (χ3n) is 4.04. The average molecular weight is 382 g/mol. The Bertz CT molecular complexity index is 774. The lowest BCUT2D eigenvalue weighted by Gasteiger charge is -2.22. The number of benzene rings is 2. The number of guanidine groups is 1. The lowest BCUT2D eigenvalue weighted by molar-refractivity contribution is -0.116. The lowest BCUT2D eigenvalue weighted by Crippen LogP contribution is -2.38. The van der Waals surface area contributed by atoms with E-state index in [1.165, 1.54) is 5.56 Å². The van der Waals surface area contributed by atoms with Crippen molar-refractivity contribution in [1.82, 2.24) is 15.1 Å². The Hall–Kier alpha value is -2.86. The molecule has 0 bridgehead atoms. The highest BCUT2D eigenvalue weighted by Crippen LogP contribution is 2.12. The summed E-state index contributed by atoms with van der Waals surface area (Å²) in [7, 11) is 5.78. The molecule has 0 atom stereocenters. The fourth-order valence-electron chi connectivity index (χ4n) is 2.80. The maximum Gasteiger partial charge on any atom is 0.238 e. The molecule has 0 radical (unpaired) electrons. The molecular formula is C22H31N5O. The van der Waals surface area contributed by atoms with E-state index in [2.05, 4.69) is 34.6 Å². The van der Waals surface area contributed by atoms with Gasteiger partial charge in [-0.3, -0.25) is 4.79 Å². The first-order valence-corrected chi connectivity index (χ1v) is 9.55. The number of carbonyl (C=O) groups excluding carboxylic acids is 1. The molecule has 0 aliphatic carbocycles. The Labute approximate surface area is 168 Å². The van der Waals surface area contributed by atoms with Gasteiger partial charge in [0, 0.05) is 25.8 Å². The molecule has 0 spiro atoms. The molecule has 1 amide bonds. The predicted octanol–water partition coefficient (Wildman–Crippen LogP) is 2.78. The summed E-state index contributed by atoms with van der Waals surface area (Å²) in [4.78, 5) is 20.7. The molecule has 150 valence electrons. The molecule has 6 heteroatoms. The van der Waals surface area contributed by atoms with E-state index >= 15 is 0 Å². The molecule has 0 saturated heterocycles. The summed E-state index contributed by atoms with van der Waals surface area (Å²) in [6.45, 7) is 4.55. The van der Waals surface area contributed by atoms with Gasteiger partial charge in [-0.25, -0.2) is 4.99 Å². The Morgan fingerprint density at radius 3 is 2.39 bits per heavy atom. The molecular weight excluding hydrogens is 350 g/mol. The molecule has 2 N–H and O–H groups in total. The monoisotopic (exact) mass is 381 g/mol. The van der Waals surface area contributed by atoms with Crippen LogP contribution in [0.25, 0.3) is 0 Å². The number of rotatable bonds is 8. The quantitative estimate of drug-likeness (QED) is 0.545. The van der Waals surface area contributed by atoms with Crippen LogP contribution < -0.4 is 10.6 Å². The Balaban J connectivity index is 2.03. The Kier molecular flexibility index (Phi) is 8.49. The topological polar surface area (TPSA) is 60.0 Å². The summed E-state index contributed by atoms with van der Waals surface area (Å²) in [5.41, 5.74) is 3.08. The number of hydrogen-bond donors (Lipinski definition) is 2. The van der Waals surface area contributed by atoms with Gasteiger partial charge in [0.1, 0.15) is 0 Å². The van der Waals surface area contributed by atoms with Crippen LogP contribution in [0.4, 0.5) is 5.69 Å². The van der Waals surface area contributed by atoms with Gasteiger partial charge < -0.3 is 20.4 Å². The normalized spacial score (nSPS) is 11.4. The molecule has 0 aliphatic heterocycles. The zero-order valence-corrected chi connectivity index (χ0v) is 17.3. The molecule has 0 fully saturated rings. The second-order valence-electron chi connectivity index (χ2n) is 7.00. The van der Waals surface area contributed by atoms with Gasteiger partial charge in [0.15, 0.2) is 5.96 Å². The minimum Gasteiger partial charge on any atom is -0.357 e. The number of hydrogen-bond acceptors (Lipinski definition) is 3. The van der Waals surface area contributed by atoms with Crippen LogP contribution in [0.2, 0.25) is 0 Å². The average Bonchev–Trinajstić information content (AvgIpc) is 2.65. The van der Waals surface area contributed by atoms with Crippen molar-refractivity contribution in [2.75, 3.05) is 39.5 Å². The molecule has 2 aromatic rings. The van der Waals surface area contributed by atoms with Crippen LogP contribution in [0.15, 0.2) is 59.6 Å². The first-order chi connectivity index (χ1) is 13.5. The minimum atomic E-state index is -0.0263. The number of amides is 1. The van der Waals surface area contributed by atoms with Crippen molar-refractivity contribution in [1.29, 1.82) is 0 Å². The van der Waals surface area contributed by atoms with Gasteiger partial charge in [0.2, 0.25) is 5.91 Å². The van der Waals surface area contributed by atoms with Crippen LogP contribution in [0.3, 0.4) is 0 Å². The van der Waals surface area contributed by atoms with Crippen molar-refractivity contribution < 1.29 is 4.79 Å². The van der Waals surface area contributed by atoms with E-state index in [1.807, 2.05) is 68.5 Å². The summed E-state index contributed by atoms with van der Waals surface area (Å²) in [6.07, 6.45) is 0. The van der Waals surface area contributed by atoms with Crippen LogP contribution in [0.1, 0.15) is 18.1 Å². The maximum absolute atomic E-state index is 12.0. The summed E-state index contributed by atoms with van der Waals surface area (Å²) >= 11 is 0. The Morgan fingerprint density at radius 1 is 1.00 bits per heavy atom. The van der Waals surface area contributed by atoms with E-state index < -0.39 is 0 Å². The molecule has 0 aliphatic rings. The van der Waals surface area contributed by atoms with Gasteiger partial charge in [-0.2, -0.15) is 0 Å². The highest BCUT2D eigenvalue weighted by atomic mass is 16.2. The first kappa shape index (κ1) is 21.4. The van der Waals surface area contributed by atoms with Crippen LogP contribution in [0, 0.1) is 0 Å². The van der Waals surface area contributed by atoms with E-state index in [0.29, 0.717) is 13.1 Å². The van der Waals surface area contributed by atoms with Crippen molar-refractivity contribution in [2.45, 2.75) is 20.0 Å². The van der Waals surface area contributed by atoms with Gasteiger partial charge in [-0.1, -0.05) is 42.5 Å². The minimum absolute atomic E-state index is 0.0263. The van der Waals surface area contributed by atoms with Crippen molar-refractivity contribution in [3.05, 3.63) is 65.7 Å². The zero-order valence-electron chi connectivity index (χ0n) is 17.3. The molecule has 0 aromatic heterocycles. The summed E-state index contributed by atoms with van der Waals surface area (Å²) < 4.78 is 0. The molecule has 28 heavy (non-hydrogen) atoms. The summed E-state index contributed by atoms with van der Waals surface area (Å²) in [5, 5.41) is 6.27. The molecule has 6 nitrogen and oxygen atoms in total. The van der Waals surface area contributed by atoms with Crippen LogP contribution in [-0.2, 0) is 17.9 Å². The number of likely N-dealkylation sites (N-methyl/N-ethyl adjacent to an activating group) is 1. The van der Waals surface area contributed by atoms with Gasteiger partial charge in [0.05, 0.1) is 13.1 Å². The SMILES string of the molecule is CCNC(=NCc1cccc(NC(=O)CN(C)C)c1)N(C)Cc1ccccc1. The predicted molar refractivity (Wildman–Crippen MR) is 116 cm³/mol. The van der Waals surface area contributed by atoms with E-state index in [1.54, 1.807) is 0 Å². The van der Waals surface area contributed by atoms with Crippen molar-refractivity contribution in [2.24, 2.45) is 4.99 Å². The van der Waals surface area contributed by atoms with Crippen LogP contribution in [-0.4, -0.2) is 55.9 Å². The smallest absolute Gasteiger partial charge is 0.238 e. The van der Waals surface area contributed by atoms with E-state index in [0.717, 1.165) is 30.3 Å². The second kappa shape index (κ2) is 11.1. The largest absolute Gasteiger partial charge is 0.357 e. The first-order valence-electron chi connectivity index (χ1n) is 9.55. The number of anilines is 1. The van der Waals surface area contributed by atoms with Gasteiger partial charge in [0.25, 0.3) is 0 Å². The van der Waals surface area contributed by atoms with Crippen molar-refractivity contribution in [3.63, 3.8) is 0 Å². The van der Waals surface area contributed by atoms with E-state index in [4.69, 9.17) is 4.99 Å². The van der Waals surface area contributed by atoms with E-state index in [9.17, 15) is 4.79 Å². The fraction of sp³-hybridized carbons (Fsp3) is 0.364. The molecule has 2 aromatic carbocycles. The number of nitrogens with one attached hydrogen (secondary N) is 2. The highest BCUT2D eigenvalue weighted by Gasteiger charge is 2.07. The van der Waals surface area contributed by atoms with Gasteiger partial charge >= 0.3 is 0 Å². The summed E-state index contributed by atoms with van der Waals surface area (Å²) in [6, 6.07) is 18.2. The number of aliphatic imine (C=N–C) groups is 1. The van der Waals surface area contributed by atoms with Gasteiger partial charge in [-0.15, -0.1) is 0 Å². The van der Waals surface area contributed by atoms with Crippen LogP contribution >= 0.6 is 0 Å². The third kappa shape index (κ3) is 7.40. The lowest BCUT2D eigenvalue weighted by atomic mass is 10.2. The number of carbonyl (C=O) groups is 1. The summed E-state index contributed by atoms with van der Waals surface area (Å²) in [5.74, 6) is 0.829. The van der Waals surface area contributed by atoms with Crippen molar-refractivity contribution in [3.8, 4) is 0 Å². The standard InChI is InChI=1S/C22H31N5O/c1-5-23-22(27(4)16-18-10-7-6-8-11-18)24-15-19-12-9-13-20(14-19)25-21(28)17-26(2)3/h6-14H,5,15-17H2,1-4H3,(H,23,24)(H,25,28). The fourth-order valence-corrected chi connectivity index (χ4v) is 2.80. The third-order valence-corrected chi connectivity index (χ3v) is 4.04. The van der Waals surface area contributed by atoms with Gasteiger partial charge in [-0.05, 0) is 44.3 Å². The molecule has 0 saturated carbocycles. The number of nitrogens with zero attached hydrogens (tertiary/aromatic N) is 3.